The van der Waals surface area contributed by atoms with Gasteiger partial charge in [-0.15, -0.1) is 5.10 Å². The van der Waals surface area contributed by atoms with Crippen LogP contribution in [0.15, 0.2) is 42.5 Å². The lowest BCUT2D eigenvalue weighted by Gasteiger charge is -2.20. The van der Waals surface area contributed by atoms with E-state index in [0.29, 0.717) is 41.3 Å². The molecule has 1 fully saturated rings. The van der Waals surface area contributed by atoms with E-state index in [2.05, 4.69) is 26.2 Å². The predicted molar refractivity (Wildman–Crippen MR) is 111 cm³/mol. The number of amides is 3. The van der Waals surface area contributed by atoms with Crippen LogP contribution in [0.4, 0.5) is 11.4 Å². The van der Waals surface area contributed by atoms with Gasteiger partial charge in [-0.05, 0) is 72.7 Å². The molecule has 3 heterocycles. The summed E-state index contributed by atoms with van der Waals surface area (Å²) in [4.78, 5) is 39.7. The largest absolute Gasteiger partial charge is 0.327 e. The molecule has 31 heavy (non-hydrogen) atoms. The molecule has 1 aromatic heterocycles. The first-order chi connectivity index (χ1) is 15.0. The van der Waals surface area contributed by atoms with Gasteiger partial charge in [-0.25, -0.2) is 0 Å². The van der Waals surface area contributed by atoms with Gasteiger partial charge in [0.05, 0.1) is 16.9 Å². The molecule has 156 valence electrons. The Balaban J connectivity index is 1.37. The molecule has 2 aliphatic rings. The van der Waals surface area contributed by atoms with Crippen LogP contribution in [0.3, 0.4) is 0 Å². The van der Waals surface area contributed by atoms with E-state index in [1.807, 2.05) is 0 Å². The summed E-state index contributed by atoms with van der Waals surface area (Å²) in [6.07, 6.45) is 1.46. The highest BCUT2D eigenvalue weighted by Crippen LogP contribution is 2.30. The molecule has 5 rings (SSSR count). The number of aryl methyl sites for hydroxylation is 1. The SMILES string of the molecule is Cc1nnnn1-c1ccc(C(=O)Nc2ccc3c(c2)C(=O)N2CCC[C@H]2C(=O)N3)cc1. The summed E-state index contributed by atoms with van der Waals surface area (Å²) in [7, 11) is 0. The van der Waals surface area contributed by atoms with E-state index in [0.717, 1.165) is 12.1 Å². The van der Waals surface area contributed by atoms with Crippen LogP contribution in [0, 0.1) is 6.92 Å². The summed E-state index contributed by atoms with van der Waals surface area (Å²) in [5, 5.41) is 17.0. The fraction of sp³-hybridized carbons (Fsp3) is 0.238. The van der Waals surface area contributed by atoms with Crippen molar-refractivity contribution >= 4 is 29.1 Å². The van der Waals surface area contributed by atoms with Crippen molar-refractivity contribution in [3.63, 3.8) is 0 Å². The number of tetrazole rings is 1. The Bertz CT molecular complexity index is 1200. The van der Waals surface area contributed by atoms with Crippen LogP contribution in [-0.4, -0.2) is 55.4 Å². The third-order valence-corrected chi connectivity index (χ3v) is 5.58. The Morgan fingerprint density at radius 1 is 1.16 bits per heavy atom. The van der Waals surface area contributed by atoms with Gasteiger partial charge in [0.15, 0.2) is 5.82 Å². The zero-order valence-corrected chi connectivity index (χ0v) is 16.7. The highest BCUT2D eigenvalue weighted by Gasteiger charge is 2.38. The summed E-state index contributed by atoms with van der Waals surface area (Å²) < 4.78 is 1.57. The van der Waals surface area contributed by atoms with Crippen LogP contribution < -0.4 is 10.6 Å². The normalized spacial score (nSPS) is 17.6. The standard InChI is InChI=1S/C21H19N7O3/c1-12-24-25-26-28(12)15-7-4-13(5-8-15)19(29)22-14-6-9-17-16(11-14)21(31)27-10-2-3-18(27)20(30)23-17/h4-9,11,18H,2-3,10H2,1H3,(H,22,29)(H,23,30)/t18-/m0/s1. The molecule has 0 saturated carbocycles. The minimum atomic E-state index is -0.430. The quantitative estimate of drug-likeness (QED) is 0.670. The van der Waals surface area contributed by atoms with Crippen LogP contribution >= 0.6 is 0 Å². The molecule has 10 nitrogen and oxygen atoms in total. The molecule has 2 aromatic carbocycles. The molecule has 0 aliphatic carbocycles. The highest BCUT2D eigenvalue weighted by molar-refractivity contribution is 6.11. The van der Waals surface area contributed by atoms with E-state index in [1.54, 1.807) is 59.0 Å². The number of anilines is 2. The van der Waals surface area contributed by atoms with Crippen molar-refractivity contribution in [2.24, 2.45) is 0 Å². The molecule has 3 amide bonds. The van der Waals surface area contributed by atoms with Gasteiger partial charge in [-0.2, -0.15) is 4.68 Å². The third kappa shape index (κ3) is 3.31. The zero-order valence-electron chi connectivity index (χ0n) is 16.7. The van der Waals surface area contributed by atoms with Crippen molar-refractivity contribution in [3.8, 4) is 5.69 Å². The Labute approximate surface area is 177 Å². The van der Waals surface area contributed by atoms with Crippen molar-refractivity contribution in [3.05, 3.63) is 59.4 Å². The van der Waals surface area contributed by atoms with Crippen molar-refractivity contribution < 1.29 is 14.4 Å². The van der Waals surface area contributed by atoms with E-state index in [1.165, 1.54) is 0 Å². The van der Waals surface area contributed by atoms with E-state index >= 15 is 0 Å². The first-order valence-corrected chi connectivity index (χ1v) is 9.94. The van der Waals surface area contributed by atoms with Gasteiger partial charge in [-0.1, -0.05) is 0 Å². The number of rotatable bonds is 3. The van der Waals surface area contributed by atoms with Crippen LogP contribution in [-0.2, 0) is 4.79 Å². The summed E-state index contributed by atoms with van der Waals surface area (Å²) in [6, 6.07) is 11.3. The van der Waals surface area contributed by atoms with E-state index < -0.39 is 6.04 Å². The maximum absolute atomic E-state index is 13.0. The van der Waals surface area contributed by atoms with Crippen molar-refractivity contribution in [2.45, 2.75) is 25.8 Å². The first-order valence-electron chi connectivity index (χ1n) is 9.94. The van der Waals surface area contributed by atoms with Crippen molar-refractivity contribution in [2.75, 3.05) is 17.2 Å². The second kappa shape index (κ2) is 7.31. The van der Waals surface area contributed by atoms with Gasteiger partial charge in [0.2, 0.25) is 5.91 Å². The minimum Gasteiger partial charge on any atom is -0.327 e. The maximum Gasteiger partial charge on any atom is 0.256 e. The Morgan fingerprint density at radius 3 is 2.71 bits per heavy atom. The molecule has 0 spiro atoms. The predicted octanol–water partition coefficient (Wildman–Crippen LogP) is 1.78. The Kier molecular flexibility index (Phi) is 4.46. The maximum atomic E-state index is 13.0. The fourth-order valence-corrected chi connectivity index (χ4v) is 3.99. The number of hydrogen-bond acceptors (Lipinski definition) is 6. The minimum absolute atomic E-state index is 0.167. The summed E-state index contributed by atoms with van der Waals surface area (Å²) in [5.74, 6) is -0.0457. The molecule has 0 radical (unpaired) electrons. The first kappa shape index (κ1) is 18.9. The average molecular weight is 417 g/mol. The van der Waals surface area contributed by atoms with Gasteiger partial charge >= 0.3 is 0 Å². The molecular formula is C21H19N7O3. The molecule has 1 saturated heterocycles. The molecule has 2 aliphatic heterocycles. The smallest absolute Gasteiger partial charge is 0.256 e. The second-order valence-electron chi connectivity index (χ2n) is 7.55. The zero-order chi connectivity index (χ0) is 21.5. The number of hydrogen-bond donors (Lipinski definition) is 2. The van der Waals surface area contributed by atoms with Crippen LogP contribution in [0.5, 0.6) is 0 Å². The lowest BCUT2D eigenvalue weighted by Crippen LogP contribution is -2.40. The molecule has 10 heteroatoms. The number of fused-ring (bicyclic) bond motifs is 2. The van der Waals surface area contributed by atoms with E-state index in [9.17, 15) is 14.4 Å². The fourth-order valence-electron chi connectivity index (χ4n) is 3.99. The Morgan fingerprint density at radius 2 is 1.97 bits per heavy atom. The summed E-state index contributed by atoms with van der Waals surface area (Å²) in [6.45, 7) is 2.34. The van der Waals surface area contributed by atoms with Crippen molar-refractivity contribution in [1.82, 2.24) is 25.1 Å². The summed E-state index contributed by atoms with van der Waals surface area (Å²) in [5.41, 5.74) is 2.50. The van der Waals surface area contributed by atoms with Gasteiger partial charge < -0.3 is 15.5 Å². The van der Waals surface area contributed by atoms with Gasteiger partial charge in [0.1, 0.15) is 6.04 Å². The molecule has 1 atom stereocenters. The average Bonchev–Trinajstić information content (AvgIpc) is 3.41. The van der Waals surface area contributed by atoms with Gasteiger partial charge in [0, 0.05) is 17.8 Å². The number of carbonyl (C=O) groups excluding carboxylic acids is 3. The van der Waals surface area contributed by atoms with E-state index in [4.69, 9.17) is 0 Å². The van der Waals surface area contributed by atoms with Gasteiger partial charge in [-0.3, -0.25) is 14.4 Å². The molecule has 0 bridgehead atoms. The topological polar surface area (TPSA) is 122 Å². The number of nitrogens with one attached hydrogen (secondary N) is 2. The molecule has 3 aromatic rings. The monoisotopic (exact) mass is 417 g/mol. The lowest BCUT2D eigenvalue weighted by atomic mass is 10.1. The molecule has 0 unspecified atom stereocenters. The third-order valence-electron chi connectivity index (χ3n) is 5.58. The second-order valence-corrected chi connectivity index (χ2v) is 7.55. The van der Waals surface area contributed by atoms with Gasteiger partial charge in [0.25, 0.3) is 11.8 Å². The van der Waals surface area contributed by atoms with E-state index in [-0.39, 0.29) is 17.7 Å². The lowest BCUT2D eigenvalue weighted by molar-refractivity contribution is -0.119. The van der Waals surface area contributed by atoms with Crippen molar-refractivity contribution in [1.29, 1.82) is 0 Å². The number of benzene rings is 2. The van der Waals surface area contributed by atoms with Crippen LogP contribution in [0.1, 0.15) is 39.4 Å². The van der Waals surface area contributed by atoms with Crippen LogP contribution in [0.25, 0.3) is 5.69 Å². The number of aromatic nitrogens is 4. The van der Waals surface area contributed by atoms with Crippen LogP contribution in [0.2, 0.25) is 0 Å². The number of nitrogens with zero attached hydrogens (tertiary/aromatic N) is 5. The number of carbonyl (C=O) groups is 3. The molecule has 2 N–H and O–H groups in total. The summed E-state index contributed by atoms with van der Waals surface area (Å²) >= 11 is 0. The Hall–Kier alpha value is -4.08. The highest BCUT2D eigenvalue weighted by atomic mass is 16.2. The molecular weight excluding hydrogens is 398 g/mol.